The highest BCUT2D eigenvalue weighted by molar-refractivity contribution is 5.48. The van der Waals surface area contributed by atoms with Crippen molar-refractivity contribution >= 4 is 0 Å². The van der Waals surface area contributed by atoms with Crippen LogP contribution >= 0.6 is 0 Å². The summed E-state index contributed by atoms with van der Waals surface area (Å²) in [5.41, 5.74) is -0.626. The van der Waals surface area contributed by atoms with Gasteiger partial charge in [0.15, 0.2) is 6.23 Å². The normalized spacial score (nSPS) is 22.0. The standard InChI is InChI=1S/C34H38N2O7/c1-23-21-36(32(38)35-30(23)37)31-33(39,19-20-40-3)24(2)29(43-31)22-42-34(25-11-7-5-8-12-25,26-13-9-6-10-14-26)27-15-17-28(41-4)18-16-27/h5-18,21,24,29,31,39H,19-20,22H2,1-4H3,(H,35,37,38)/t24-,29-,31-,33-/m1/s1. The van der Waals surface area contributed by atoms with Crippen LogP contribution in [0.3, 0.4) is 0 Å². The average molecular weight is 587 g/mol. The molecule has 9 heteroatoms. The van der Waals surface area contributed by atoms with Gasteiger partial charge in [-0.25, -0.2) is 4.79 Å². The van der Waals surface area contributed by atoms with E-state index in [1.54, 1.807) is 21.1 Å². The van der Waals surface area contributed by atoms with Gasteiger partial charge in [0.1, 0.15) is 17.0 Å². The second-order valence-electron chi connectivity index (χ2n) is 11.0. The van der Waals surface area contributed by atoms with Crippen LogP contribution in [0, 0.1) is 12.8 Å². The maximum Gasteiger partial charge on any atom is 0.330 e. The maximum absolute atomic E-state index is 12.9. The Morgan fingerprint density at radius 1 is 0.930 bits per heavy atom. The third-order valence-corrected chi connectivity index (χ3v) is 8.50. The van der Waals surface area contributed by atoms with Crippen molar-refractivity contribution in [3.8, 4) is 5.75 Å². The molecular weight excluding hydrogens is 548 g/mol. The zero-order chi connectivity index (χ0) is 30.6. The second-order valence-corrected chi connectivity index (χ2v) is 11.0. The van der Waals surface area contributed by atoms with Crippen molar-refractivity contribution in [2.45, 2.75) is 43.8 Å². The lowest BCUT2D eigenvalue weighted by Crippen LogP contribution is -2.46. The topological polar surface area (TPSA) is 112 Å². The fourth-order valence-electron chi connectivity index (χ4n) is 5.94. The first-order valence-corrected chi connectivity index (χ1v) is 14.3. The number of rotatable bonds is 11. The molecule has 4 atom stereocenters. The van der Waals surface area contributed by atoms with Gasteiger partial charge < -0.3 is 24.1 Å². The highest BCUT2D eigenvalue weighted by atomic mass is 16.6. The van der Waals surface area contributed by atoms with E-state index in [9.17, 15) is 14.7 Å². The number of aliphatic hydroxyl groups is 1. The summed E-state index contributed by atoms with van der Waals surface area (Å²) >= 11 is 0. The largest absolute Gasteiger partial charge is 0.497 e. The predicted molar refractivity (Wildman–Crippen MR) is 162 cm³/mol. The van der Waals surface area contributed by atoms with Gasteiger partial charge in [0.05, 0.1) is 19.8 Å². The molecule has 1 saturated heterocycles. The number of hydrogen-bond donors (Lipinski definition) is 2. The van der Waals surface area contributed by atoms with Gasteiger partial charge in [-0.3, -0.25) is 14.3 Å². The third-order valence-electron chi connectivity index (χ3n) is 8.50. The predicted octanol–water partition coefficient (Wildman–Crippen LogP) is 4.16. The van der Waals surface area contributed by atoms with E-state index in [4.69, 9.17) is 18.9 Å². The van der Waals surface area contributed by atoms with Crippen LogP contribution in [-0.2, 0) is 19.8 Å². The Labute approximate surface area is 250 Å². The number of benzene rings is 3. The molecule has 0 saturated carbocycles. The van der Waals surface area contributed by atoms with E-state index in [-0.39, 0.29) is 19.6 Å². The molecule has 0 radical (unpaired) electrons. The van der Waals surface area contributed by atoms with E-state index in [1.165, 1.54) is 10.8 Å². The molecule has 43 heavy (non-hydrogen) atoms. The summed E-state index contributed by atoms with van der Waals surface area (Å²) in [6.07, 6.45) is -0.0544. The molecule has 1 aliphatic heterocycles. The SMILES string of the molecule is COCC[C@@]1(O)[C@H](C)[C@@H](COC(c2ccccc2)(c2ccccc2)c2ccc(OC)cc2)O[C@H]1n1cc(C)c(=O)[nH]c1=O. The second kappa shape index (κ2) is 12.7. The van der Waals surface area contributed by atoms with Crippen molar-refractivity contribution in [1.29, 1.82) is 0 Å². The molecule has 0 bridgehead atoms. The molecule has 2 heterocycles. The highest BCUT2D eigenvalue weighted by Gasteiger charge is 2.55. The van der Waals surface area contributed by atoms with Crippen LogP contribution < -0.4 is 16.0 Å². The van der Waals surface area contributed by atoms with Gasteiger partial charge >= 0.3 is 5.69 Å². The number of nitrogens with zero attached hydrogens (tertiary/aromatic N) is 1. The molecule has 1 aromatic heterocycles. The van der Waals surface area contributed by atoms with Gasteiger partial charge in [-0.15, -0.1) is 0 Å². The molecule has 0 aliphatic carbocycles. The van der Waals surface area contributed by atoms with Gasteiger partial charge in [0.25, 0.3) is 5.56 Å². The summed E-state index contributed by atoms with van der Waals surface area (Å²) in [5, 5.41) is 12.1. The molecule has 4 aromatic rings. The van der Waals surface area contributed by atoms with E-state index in [1.807, 2.05) is 91.9 Å². The van der Waals surface area contributed by atoms with Crippen molar-refractivity contribution in [2.24, 2.45) is 5.92 Å². The van der Waals surface area contributed by atoms with Crippen LogP contribution in [0.25, 0.3) is 0 Å². The Bertz CT molecular complexity index is 1580. The number of H-pyrrole nitrogens is 1. The molecule has 9 nitrogen and oxygen atoms in total. The van der Waals surface area contributed by atoms with Crippen LogP contribution in [0.5, 0.6) is 5.75 Å². The van der Waals surface area contributed by atoms with Crippen molar-refractivity contribution in [3.05, 3.63) is 134 Å². The Hall–Kier alpha value is -4.02. The van der Waals surface area contributed by atoms with E-state index < -0.39 is 40.7 Å². The molecule has 5 rings (SSSR count). The smallest absolute Gasteiger partial charge is 0.330 e. The lowest BCUT2D eigenvalue weighted by atomic mass is 9.79. The molecule has 226 valence electrons. The summed E-state index contributed by atoms with van der Waals surface area (Å²) in [7, 11) is 3.18. The first kappa shape index (κ1) is 30.4. The lowest BCUT2D eigenvalue weighted by molar-refractivity contribution is -0.119. The summed E-state index contributed by atoms with van der Waals surface area (Å²) in [4.78, 5) is 27.4. The van der Waals surface area contributed by atoms with E-state index in [2.05, 4.69) is 4.98 Å². The fraction of sp³-hybridized carbons (Fsp3) is 0.353. The Balaban J connectivity index is 1.58. The number of methoxy groups -OCH3 is 2. The van der Waals surface area contributed by atoms with Crippen molar-refractivity contribution in [3.63, 3.8) is 0 Å². The van der Waals surface area contributed by atoms with E-state index in [0.717, 1.165) is 22.4 Å². The lowest BCUT2D eigenvalue weighted by Gasteiger charge is -2.37. The van der Waals surface area contributed by atoms with Gasteiger partial charge in [-0.1, -0.05) is 79.7 Å². The number of hydrogen-bond acceptors (Lipinski definition) is 7. The zero-order valence-corrected chi connectivity index (χ0v) is 24.9. The maximum atomic E-state index is 12.9. The number of nitrogens with one attached hydrogen (secondary N) is 1. The Morgan fingerprint density at radius 3 is 2.07 bits per heavy atom. The Morgan fingerprint density at radius 2 is 1.51 bits per heavy atom. The number of aromatic amines is 1. The van der Waals surface area contributed by atoms with Crippen molar-refractivity contribution in [2.75, 3.05) is 27.4 Å². The van der Waals surface area contributed by atoms with E-state index >= 15 is 0 Å². The minimum Gasteiger partial charge on any atom is -0.497 e. The highest BCUT2D eigenvalue weighted by Crippen LogP contribution is 2.47. The van der Waals surface area contributed by atoms with Crippen LogP contribution in [-0.4, -0.2) is 53.8 Å². The molecule has 2 N–H and O–H groups in total. The summed E-state index contributed by atoms with van der Waals surface area (Å²) in [5.74, 6) is 0.256. The number of ether oxygens (including phenoxy) is 4. The van der Waals surface area contributed by atoms with Crippen LogP contribution in [0.15, 0.2) is 101 Å². The molecule has 0 spiro atoms. The fourth-order valence-corrected chi connectivity index (χ4v) is 5.94. The monoisotopic (exact) mass is 586 g/mol. The minimum absolute atomic E-state index is 0.0832. The third kappa shape index (κ3) is 5.69. The minimum atomic E-state index is -1.49. The van der Waals surface area contributed by atoms with E-state index in [0.29, 0.717) is 5.56 Å². The van der Waals surface area contributed by atoms with Crippen LogP contribution in [0.2, 0.25) is 0 Å². The van der Waals surface area contributed by atoms with Gasteiger partial charge in [-0.05, 0) is 35.7 Å². The molecule has 0 amide bonds. The average Bonchev–Trinajstić information content (AvgIpc) is 3.28. The molecule has 3 aromatic carbocycles. The van der Waals surface area contributed by atoms with Crippen molar-refractivity contribution < 1.29 is 24.1 Å². The first-order chi connectivity index (χ1) is 20.7. The first-order valence-electron chi connectivity index (χ1n) is 14.3. The van der Waals surface area contributed by atoms with Crippen LogP contribution in [0.1, 0.15) is 41.8 Å². The quantitative estimate of drug-likeness (QED) is 0.254. The van der Waals surface area contributed by atoms with Gasteiger partial charge in [0.2, 0.25) is 0 Å². The molecule has 0 unspecified atom stereocenters. The number of aromatic nitrogens is 2. The Kier molecular flexibility index (Phi) is 8.98. The summed E-state index contributed by atoms with van der Waals surface area (Å²) in [6.45, 7) is 3.81. The molecule has 1 aliphatic rings. The molecule has 1 fully saturated rings. The van der Waals surface area contributed by atoms with Crippen LogP contribution in [0.4, 0.5) is 0 Å². The molecular formula is C34H38N2O7. The summed E-state index contributed by atoms with van der Waals surface area (Å²) in [6, 6.07) is 27.7. The summed E-state index contributed by atoms with van der Waals surface area (Å²) < 4.78 is 25.5. The van der Waals surface area contributed by atoms with Crippen molar-refractivity contribution in [1.82, 2.24) is 9.55 Å². The number of aryl methyl sites for hydroxylation is 1. The van der Waals surface area contributed by atoms with Gasteiger partial charge in [-0.2, -0.15) is 0 Å². The zero-order valence-electron chi connectivity index (χ0n) is 24.9. The van der Waals surface area contributed by atoms with Gasteiger partial charge in [0, 0.05) is 37.8 Å².